The number of nitrogens with zero attached hydrogens (tertiary/aromatic N) is 3. The van der Waals surface area contributed by atoms with Gasteiger partial charge < -0.3 is 9.64 Å². The first-order valence-corrected chi connectivity index (χ1v) is 10.8. The molecule has 1 aliphatic carbocycles. The van der Waals surface area contributed by atoms with E-state index in [-0.39, 0.29) is 23.7 Å². The summed E-state index contributed by atoms with van der Waals surface area (Å²) in [5.41, 5.74) is 2.32. The van der Waals surface area contributed by atoms with Gasteiger partial charge in [0, 0.05) is 23.0 Å². The van der Waals surface area contributed by atoms with E-state index in [0.717, 1.165) is 29.8 Å². The average Bonchev–Trinajstić information content (AvgIpc) is 3.52. The SMILES string of the molecule is Cc1nn(-c2ccc(Cl)cc2)c(Oc2cccc(F)c2)c1CN(C(=O)C(C)C)C1CC1. The Morgan fingerprint density at radius 2 is 1.97 bits per heavy atom. The summed E-state index contributed by atoms with van der Waals surface area (Å²) in [5.74, 6) is 0.456. The second kappa shape index (κ2) is 8.71. The maximum atomic E-state index is 13.8. The minimum atomic E-state index is -0.386. The molecule has 1 saturated carbocycles. The van der Waals surface area contributed by atoms with Crippen LogP contribution < -0.4 is 4.74 Å². The average molecular weight is 442 g/mol. The van der Waals surface area contributed by atoms with E-state index in [1.54, 1.807) is 28.9 Å². The number of benzene rings is 2. The van der Waals surface area contributed by atoms with Crippen molar-refractivity contribution in [1.29, 1.82) is 0 Å². The van der Waals surface area contributed by atoms with Crippen LogP contribution in [0.15, 0.2) is 48.5 Å². The van der Waals surface area contributed by atoms with Gasteiger partial charge in [-0.15, -0.1) is 0 Å². The number of rotatable bonds is 7. The predicted molar refractivity (Wildman–Crippen MR) is 118 cm³/mol. The van der Waals surface area contributed by atoms with Crippen molar-refractivity contribution in [2.45, 2.75) is 46.2 Å². The second-order valence-electron chi connectivity index (χ2n) is 8.17. The van der Waals surface area contributed by atoms with Crippen molar-refractivity contribution >= 4 is 17.5 Å². The Hall–Kier alpha value is -2.86. The summed E-state index contributed by atoms with van der Waals surface area (Å²) in [7, 11) is 0. The Balaban J connectivity index is 1.78. The first kappa shape index (κ1) is 21.4. The third-order valence-corrected chi connectivity index (χ3v) is 5.56. The molecule has 1 heterocycles. The van der Waals surface area contributed by atoms with Gasteiger partial charge in [0.25, 0.3) is 0 Å². The highest BCUT2D eigenvalue weighted by Crippen LogP contribution is 2.36. The molecule has 2 aromatic carbocycles. The van der Waals surface area contributed by atoms with E-state index in [9.17, 15) is 9.18 Å². The molecule has 0 bridgehead atoms. The minimum Gasteiger partial charge on any atom is -0.438 e. The van der Waals surface area contributed by atoms with Crippen LogP contribution in [0.1, 0.15) is 37.9 Å². The molecule has 0 radical (unpaired) electrons. The lowest BCUT2D eigenvalue weighted by Gasteiger charge is -2.25. The lowest BCUT2D eigenvalue weighted by atomic mass is 10.1. The van der Waals surface area contributed by atoms with Crippen LogP contribution >= 0.6 is 11.6 Å². The largest absolute Gasteiger partial charge is 0.438 e. The molecule has 0 N–H and O–H groups in total. The minimum absolute atomic E-state index is 0.0974. The Morgan fingerprint density at radius 3 is 2.58 bits per heavy atom. The van der Waals surface area contributed by atoms with Gasteiger partial charge in [-0.1, -0.05) is 31.5 Å². The standard InChI is InChI=1S/C24H25ClFN3O2/c1-15(2)23(30)28(19-11-12-19)14-22-16(3)27-29(20-9-7-17(25)8-10-20)24(22)31-21-6-4-5-18(26)13-21/h4-10,13,15,19H,11-12,14H2,1-3H3. The molecule has 3 aromatic rings. The molecular weight excluding hydrogens is 417 g/mol. The van der Waals surface area contributed by atoms with E-state index < -0.39 is 0 Å². The number of hydrogen-bond donors (Lipinski definition) is 0. The van der Waals surface area contributed by atoms with E-state index >= 15 is 0 Å². The normalized spacial score (nSPS) is 13.5. The molecule has 1 aliphatic rings. The molecule has 1 fully saturated rings. The third kappa shape index (κ3) is 4.74. The van der Waals surface area contributed by atoms with Gasteiger partial charge in [0.15, 0.2) is 0 Å². The van der Waals surface area contributed by atoms with E-state index in [0.29, 0.717) is 23.2 Å². The summed E-state index contributed by atoms with van der Waals surface area (Å²) in [6.07, 6.45) is 2.01. The van der Waals surface area contributed by atoms with Crippen LogP contribution in [0.5, 0.6) is 11.6 Å². The van der Waals surface area contributed by atoms with E-state index in [1.165, 1.54) is 12.1 Å². The monoisotopic (exact) mass is 441 g/mol. The van der Waals surface area contributed by atoms with Crippen molar-refractivity contribution in [2.24, 2.45) is 5.92 Å². The number of halogens is 2. The van der Waals surface area contributed by atoms with Crippen molar-refractivity contribution < 1.29 is 13.9 Å². The van der Waals surface area contributed by atoms with Crippen LogP contribution in [0.2, 0.25) is 5.02 Å². The van der Waals surface area contributed by atoms with Gasteiger partial charge in [0.05, 0.1) is 23.5 Å². The number of aromatic nitrogens is 2. The molecule has 0 spiro atoms. The fourth-order valence-corrected chi connectivity index (χ4v) is 3.63. The van der Waals surface area contributed by atoms with Gasteiger partial charge in [-0.3, -0.25) is 4.79 Å². The highest BCUT2D eigenvalue weighted by Gasteiger charge is 2.35. The fraction of sp³-hybridized carbons (Fsp3) is 0.333. The second-order valence-corrected chi connectivity index (χ2v) is 8.61. The predicted octanol–water partition coefficient (Wildman–Crippen LogP) is 5.91. The van der Waals surface area contributed by atoms with Crippen molar-refractivity contribution in [3.05, 3.63) is 70.6 Å². The molecule has 7 heteroatoms. The summed E-state index contributed by atoms with van der Waals surface area (Å²) in [5, 5.41) is 5.30. The van der Waals surface area contributed by atoms with Gasteiger partial charge in [-0.2, -0.15) is 5.10 Å². The van der Waals surface area contributed by atoms with Crippen LogP contribution in [-0.2, 0) is 11.3 Å². The van der Waals surface area contributed by atoms with E-state index in [1.807, 2.05) is 37.8 Å². The number of amides is 1. The lowest BCUT2D eigenvalue weighted by molar-refractivity contribution is -0.135. The summed E-state index contributed by atoms with van der Waals surface area (Å²) in [6, 6.07) is 13.5. The van der Waals surface area contributed by atoms with Gasteiger partial charge in [-0.25, -0.2) is 9.07 Å². The molecule has 5 nitrogen and oxygen atoms in total. The summed E-state index contributed by atoms with van der Waals surface area (Å²) in [6.45, 7) is 6.11. The smallest absolute Gasteiger partial charge is 0.227 e. The summed E-state index contributed by atoms with van der Waals surface area (Å²) in [4.78, 5) is 14.8. The third-order valence-electron chi connectivity index (χ3n) is 5.31. The Bertz CT molecular complexity index is 1090. The molecule has 162 valence electrons. The molecule has 4 rings (SSSR count). The fourth-order valence-electron chi connectivity index (χ4n) is 3.50. The molecule has 0 unspecified atom stereocenters. The number of ether oxygens (including phenoxy) is 1. The van der Waals surface area contributed by atoms with Gasteiger partial charge in [0.2, 0.25) is 11.8 Å². The van der Waals surface area contributed by atoms with E-state index in [2.05, 4.69) is 5.10 Å². The summed E-state index contributed by atoms with van der Waals surface area (Å²) >= 11 is 6.05. The van der Waals surface area contributed by atoms with Crippen LogP contribution in [0.3, 0.4) is 0 Å². The zero-order valence-corrected chi connectivity index (χ0v) is 18.6. The highest BCUT2D eigenvalue weighted by atomic mass is 35.5. The molecule has 1 aromatic heterocycles. The van der Waals surface area contributed by atoms with Crippen LogP contribution in [0.4, 0.5) is 4.39 Å². The van der Waals surface area contributed by atoms with Crippen LogP contribution in [0, 0.1) is 18.7 Å². The zero-order chi connectivity index (χ0) is 22.1. The molecule has 0 aliphatic heterocycles. The quantitative estimate of drug-likeness (QED) is 0.457. The van der Waals surface area contributed by atoms with Gasteiger partial charge >= 0.3 is 0 Å². The number of carbonyl (C=O) groups is 1. The maximum absolute atomic E-state index is 13.8. The Kier molecular flexibility index (Phi) is 6.01. The van der Waals surface area contributed by atoms with Crippen LogP contribution in [-0.4, -0.2) is 26.6 Å². The molecule has 0 saturated heterocycles. The number of hydrogen-bond acceptors (Lipinski definition) is 3. The zero-order valence-electron chi connectivity index (χ0n) is 17.8. The first-order valence-electron chi connectivity index (χ1n) is 10.4. The van der Waals surface area contributed by atoms with Crippen molar-refractivity contribution in [3.63, 3.8) is 0 Å². The summed E-state index contributed by atoms with van der Waals surface area (Å²) < 4.78 is 21.6. The van der Waals surface area contributed by atoms with E-state index in [4.69, 9.17) is 16.3 Å². The molecular formula is C24H25ClFN3O2. The lowest BCUT2D eigenvalue weighted by Crippen LogP contribution is -2.35. The Morgan fingerprint density at radius 1 is 1.26 bits per heavy atom. The Labute approximate surface area is 186 Å². The molecule has 31 heavy (non-hydrogen) atoms. The van der Waals surface area contributed by atoms with Gasteiger partial charge in [0.1, 0.15) is 11.6 Å². The maximum Gasteiger partial charge on any atom is 0.227 e. The number of aryl methyl sites for hydroxylation is 1. The van der Waals surface area contributed by atoms with Crippen molar-refractivity contribution in [3.8, 4) is 17.3 Å². The number of carbonyl (C=O) groups excluding carboxylic acids is 1. The molecule has 1 amide bonds. The first-order chi connectivity index (χ1) is 14.8. The molecule has 0 atom stereocenters. The van der Waals surface area contributed by atoms with Crippen molar-refractivity contribution in [1.82, 2.24) is 14.7 Å². The topological polar surface area (TPSA) is 47.4 Å². The van der Waals surface area contributed by atoms with Crippen molar-refractivity contribution in [2.75, 3.05) is 0 Å². The van der Waals surface area contributed by atoms with Crippen LogP contribution in [0.25, 0.3) is 5.69 Å². The highest BCUT2D eigenvalue weighted by molar-refractivity contribution is 6.30. The van der Waals surface area contributed by atoms with Gasteiger partial charge in [-0.05, 0) is 56.2 Å².